The van der Waals surface area contributed by atoms with E-state index in [1.165, 1.54) is 0 Å². The summed E-state index contributed by atoms with van der Waals surface area (Å²) >= 11 is 0. The summed E-state index contributed by atoms with van der Waals surface area (Å²) in [5, 5.41) is 0. The van der Waals surface area contributed by atoms with E-state index in [2.05, 4.69) is 9.97 Å². The van der Waals surface area contributed by atoms with Crippen molar-refractivity contribution in [3.05, 3.63) is 53.6 Å². The highest BCUT2D eigenvalue weighted by atomic mass is 16.5. The minimum absolute atomic E-state index is 0.146. The van der Waals surface area contributed by atoms with Crippen LogP contribution < -0.4 is 4.74 Å². The third-order valence-electron chi connectivity index (χ3n) is 4.55. The van der Waals surface area contributed by atoms with Crippen molar-refractivity contribution >= 4 is 5.91 Å². The van der Waals surface area contributed by atoms with Gasteiger partial charge in [0.25, 0.3) is 0 Å². The van der Waals surface area contributed by atoms with E-state index >= 15 is 0 Å². The maximum absolute atomic E-state index is 12.8. The second kappa shape index (κ2) is 7.43. The van der Waals surface area contributed by atoms with Crippen molar-refractivity contribution in [2.24, 2.45) is 0 Å². The quantitative estimate of drug-likeness (QED) is 0.867. The number of aromatic nitrogens is 2. The summed E-state index contributed by atoms with van der Waals surface area (Å²) in [7, 11) is 1.64. The molecule has 24 heavy (non-hydrogen) atoms. The molecule has 126 valence electrons. The predicted molar refractivity (Wildman–Crippen MR) is 92.0 cm³/mol. The first kappa shape index (κ1) is 16.4. The summed E-state index contributed by atoms with van der Waals surface area (Å²) in [6.07, 6.45) is 7.63. The van der Waals surface area contributed by atoms with Gasteiger partial charge in [0.2, 0.25) is 5.91 Å². The van der Waals surface area contributed by atoms with Crippen LogP contribution in [0.4, 0.5) is 0 Å². The molecule has 2 aromatic rings. The van der Waals surface area contributed by atoms with E-state index in [-0.39, 0.29) is 11.8 Å². The van der Waals surface area contributed by atoms with Crippen molar-refractivity contribution in [3.63, 3.8) is 0 Å². The third kappa shape index (κ3) is 3.72. The highest BCUT2D eigenvalue weighted by Crippen LogP contribution is 2.26. The van der Waals surface area contributed by atoms with E-state index in [1.54, 1.807) is 19.5 Å². The van der Waals surface area contributed by atoms with Crippen LogP contribution in [0.15, 0.2) is 36.8 Å². The fraction of sp³-hybridized carbons (Fsp3) is 0.421. The van der Waals surface area contributed by atoms with E-state index in [4.69, 9.17) is 4.74 Å². The van der Waals surface area contributed by atoms with Crippen molar-refractivity contribution in [1.82, 2.24) is 14.9 Å². The number of ether oxygens (including phenoxy) is 1. The number of rotatable bonds is 4. The van der Waals surface area contributed by atoms with Gasteiger partial charge in [-0.3, -0.25) is 14.8 Å². The van der Waals surface area contributed by atoms with Gasteiger partial charge in [0.1, 0.15) is 5.75 Å². The third-order valence-corrected chi connectivity index (χ3v) is 4.55. The van der Waals surface area contributed by atoms with E-state index in [0.29, 0.717) is 13.0 Å². The Kier molecular flexibility index (Phi) is 5.08. The molecule has 3 rings (SSSR count). The molecule has 5 nitrogen and oxygen atoms in total. The Hall–Kier alpha value is -2.43. The number of benzene rings is 1. The lowest BCUT2D eigenvalue weighted by atomic mass is 9.94. The number of amides is 1. The Morgan fingerprint density at radius 2 is 2.25 bits per heavy atom. The molecule has 0 unspecified atom stereocenters. The molecule has 1 aromatic heterocycles. The molecule has 2 heterocycles. The minimum Gasteiger partial charge on any atom is -0.496 e. The number of hydrogen-bond donors (Lipinski definition) is 0. The lowest BCUT2D eigenvalue weighted by molar-refractivity contribution is -0.131. The summed E-state index contributed by atoms with van der Waals surface area (Å²) in [5.41, 5.74) is 3.06. The topological polar surface area (TPSA) is 55.3 Å². The van der Waals surface area contributed by atoms with Crippen LogP contribution in [0.2, 0.25) is 0 Å². The number of hydrogen-bond acceptors (Lipinski definition) is 4. The second-order valence-corrected chi connectivity index (χ2v) is 6.30. The van der Waals surface area contributed by atoms with E-state index in [9.17, 15) is 4.79 Å². The molecule has 1 amide bonds. The van der Waals surface area contributed by atoms with Gasteiger partial charge in [-0.25, -0.2) is 0 Å². The Morgan fingerprint density at radius 3 is 3.00 bits per heavy atom. The summed E-state index contributed by atoms with van der Waals surface area (Å²) in [4.78, 5) is 23.3. The van der Waals surface area contributed by atoms with Crippen LogP contribution >= 0.6 is 0 Å². The fourth-order valence-electron chi connectivity index (χ4n) is 3.29. The zero-order chi connectivity index (χ0) is 16.9. The SMILES string of the molecule is COc1ccc(C)cc1CC(=O)N1CCC[C@H](c2cnccn2)C1. The number of aryl methyl sites for hydroxylation is 1. The van der Waals surface area contributed by atoms with Gasteiger partial charge in [-0.05, 0) is 25.8 Å². The van der Waals surface area contributed by atoms with Gasteiger partial charge in [0, 0.05) is 43.2 Å². The first-order valence-corrected chi connectivity index (χ1v) is 8.34. The highest BCUT2D eigenvalue weighted by Gasteiger charge is 2.26. The Labute approximate surface area is 142 Å². The van der Waals surface area contributed by atoms with E-state index in [1.807, 2.05) is 36.2 Å². The standard InChI is InChI=1S/C19H23N3O2/c1-14-5-6-18(24-2)16(10-14)11-19(23)22-9-3-4-15(13-22)17-12-20-7-8-21-17/h5-8,10,12,15H,3-4,9,11,13H2,1-2H3/t15-/m0/s1. The average Bonchev–Trinajstić information content (AvgIpc) is 2.63. The van der Waals surface area contributed by atoms with Crippen LogP contribution in [0.5, 0.6) is 5.75 Å². The first-order chi connectivity index (χ1) is 11.7. The van der Waals surface area contributed by atoms with Crippen LogP contribution in [-0.2, 0) is 11.2 Å². The van der Waals surface area contributed by atoms with Crippen LogP contribution in [0.1, 0.15) is 35.6 Å². The number of methoxy groups -OCH3 is 1. The minimum atomic E-state index is 0.146. The van der Waals surface area contributed by atoms with Gasteiger partial charge >= 0.3 is 0 Å². The van der Waals surface area contributed by atoms with Gasteiger partial charge in [-0.2, -0.15) is 0 Å². The molecule has 0 bridgehead atoms. The first-order valence-electron chi connectivity index (χ1n) is 8.34. The van der Waals surface area contributed by atoms with Gasteiger partial charge in [0.15, 0.2) is 0 Å². The lowest BCUT2D eigenvalue weighted by Crippen LogP contribution is -2.40. The molecule has 0 radical (unpaired) electrons. The van der Waals surface area contributed by atoms with Crippen molar-refractivity contribution in [2.75, 3.05) is 20.2 Å². The smallest absolute Gasteiger partial charge is 0.227 e. The maximum atomic E-state index is 12.8. The zero-order valence-electron chi connectivity index (χ0n) is 14.2. The number of piperidine rings is 1. The summed E-state index contributed by atoms with van der Waals surface area (Å²) in [5.74, 6) is 1.19. The van der Waals surface area contributed by atoms with Crippen LogP contribution in [0.3, 0.4) is 0 Å². The largest absolute Gasteiger partial charge is 0.496 e. The van der Waals surface area contributed by atoms with E-state index in [0.717, 1.165) is 42.0 Å². The van der Waals surface area contributed by atoms with Gasteiger partial charge in [-0.1, -0.05) is 17.7 Å². The van der Waals surface area contributed by atoms with Crippen LogP contribution in [-0.4, -0.2) is 41.0 Å². The Balaban J connectivity index is 1.70. The number of carbonyl (C=O) groups excluding carboxylic acids is 1. The molecule has 0 saturated carbocycles. The molecule has 1 aliphatic rings. The van der Waals surface area contributed by atoms with Gasteiger partial charge in [-0.15, -0.1) is 0 Å². The molecule has 0 spiro atoms. The molecule has 1 aromatic carbocycles. The zero-order valence-corrected chi connectivity index (χ0v) is 14.2. The second-order valence-electron chi connectivity index (χ2n) is 6.30. The highest BCUT2D eigenvalue weighted by molar-refractivity contribution is 5.79. The molecule has 1 saturated heterocycles. The molecule has 0 N–H and O–H groups in total. The van der Waals surface area contributed by atoms with Gasteiger partial charge < -0.3 is 9.64 Å². The molecule has 1 aliphatic heterocycles. The molecular weight excluding hydrogens is 302 g/mol. The van der Waals surface area contributed by atoms with Crippen molar-refractivity contribution in [2.45, 2.75) is 32.1 Å². The number of likely N-dealkylation sites (tertiary alicyclic amines) is 1. The van der Waals surface area contributed by atoms with Gasteiger partial charge in [0.05, 0.1) is 19.2 Å². The molecule has 0 aliphatic carbocycles. The normalized spacial score (nSPS) is 17.6. The monoisotopic (exact) mass is 325 g/mol. The number of carbonyl (C=O) groups is 1. The predicted octanol–water partition coefficient (Wildman–Crippen LogP) is 2.74. The fourth-order valence-corrected chi connectivity index (χ4v) is 3.29. The molecule has 1 fully saturated rings. The van der Waals surface area contributed by atoms with Crippen molar-refractivity contribution in [3.8, 4) is 5.75 Å². The van der Waals surface area contributed by atoms with Crippen molar-refractivity contribution < 1.29 is 9.53 Å². The van der Waals surface area contributed by atoms with E-state index < -0.39 is 0 Å². The Morgan fingerprint density at radius 1 is 1.38 bits per heavy atom. The van der Waals surface area contributed by atoms with Crippen LogP contribution in [0, 0.1) is 6.92 Å². The lowest BCUT2D eigenvalue weighted by Gasteiger charge is -2.32. The Bertz CT molecular complexity index is 703. The summed E-state index contributed by atoms with van der Waals surface area (Å²) in [6.45, 7) is 3.55. The molecule has 1 atom stereocenters. The molecular formula is C19H23N3O2. The summed E-state index contributed by atoms with van der Waals surface area (Å²) in [6, 6.07) is 5.95. The summed E-state index contributed by atoms with van der Waals surface area (Å²) < 4.78 is 5.39. The van der Waals surface area contributed by atoms with Crippen LogP contribution in [0.25, 0.3) is 0 Å². The molecule has 5 heteroatoms. The average molecular weight is 325 g/mol. The maximum Gasteiger partial charge on any atom is 0.227 e. The number of nitrogens with zero attached hydrogens (tertiary/aromatic N) is 3. The van der Waals surface area contributed by atoms with Crippen molar-refractivity contribution in [1.29, 1.82) is 0 Å².